The molecule has 0 amide bonds. The van der Waals surface area contributed by atoms with Crippen LogP contribution in [0.3, 0.4) is 0 Å². The summed E-state index contributed by atoms with van der Waals surface area (Å²) in [5.74, 6) is 0. The molecular weight excluding hydrogens is 295 g/mol. The Morgan fingerprint density at radius 1 is 1.50 bits per heavy atom. The van der Waals surface area contributed by atoms with Crippen LogP contribution in [-0.4, -0.2) is 36.2 Å². The molecule has 1 unspecified atom stereocenters. The molecule has 0 aliphatic carbocycles. The van der Waals surface area contributed by atoms with E-state index in [0.717, 1.165) is 6.42 Å². The van der Waals surface area contributed by atoms with Crippen LogP contribution in [0.4, 0.5) is 13.2 Å². The van der Waals surface area contributed by atoms with Crippen molar-refractivity contribution in [2.75, 3.05) is 20.3 Å². The third-order valence-corrected chi connectivity index (χ3v) is 3.04. The molecule has 1 N–H and O–H groups in total. The van der Waals surface area contributed by atoms with Crippen LogP contribution in [0.1, 0.15) is 31.5 Å². The number of rotatable bonds is 8. The lowest BCUT2D eigenvalue weighted by Gasteiger charge is -2.22. The highest BCUT2D eigenvalue weighted by Gasteiger charge is 2.34. The average Bonchev–Trinajstić information content (AvgIpc) is 2.72. The molecule has 0 saturated heterocycles. The summed E-state index contributed by atoms with van der Waals surface area (Å²) in [6, 6.07) is -0.901. The monoisotopic (exact) mass is 313 g/mol. The van der Waals surface area contributed by atoms with E-state index in [4.69, 9.17) is 16.3 Å². The Hall–Kier alpha value is -0.790. The van der Waals surface area contributed by atoms with E-state index in [1.165, 1.54) is 18.0 Å². The topological polar surface area (TPSA) is 39.1 Å². The summed E-state index contributed by atoms with van der Waals surface area (Å²) >= 11 is 5.99. The van der Waals surface area contributed by atoms with Crippen LogP contribution in [0.2, 0.25) is 5.02 Å². The molecule has 1 aromatic heterocycles. The number of hydrogen-bond donors (Lipinski definition) is 1. The predicted molar refractivity (Wildman–Crippen MR) is 70.8 cm³/mol. The third kappa shape index (κ3) is 5.30. The number of ether oxygens (including phenoxy) is 1. The van der Waals surface area contributed by atoms with Gasteiger partial charge in [0.25, 0.3) is 0 Å². The standard InChI is InChI=1S/C12H19ClF3N3O/c1-3-4-17-10(7-12(14,15)16)11-9(13)8-18-19(11)5-6-20-2/h8,10,17H,3-7H2,1-2H3. The molecule has 1 aromatic rings. The summed E-state index contributed by atoms with van der Waals surface area (Å²) in [5, 5.41) is 7.12. The van der Waals surface area contributed by atoms with Gasteiger partial charge in [0.2, 0.25) is 0 Å². The molecule has 0 radical (unpaired) electrons. The van der Waals surface area contributed by atoms with Gasteiger partial charge in [0.05, 0.1) is 42.5 Å². The van der Waals surface area contributed by atoms with Crippen molar-refractivity contribution in [3.63, 3.8) is 0 Å². The highest BCUT2D eigenvalue weighted by atomic mass is 35.5. The predicted octanol–water partition coefficient (Wildman–Crippen LogP) is 3.18. The summed E-state index contributed by atoms with van der Waals surface area (Å²) in [5.41, 5.74) is 0.356. The fraction of sp³-hybridized carbons (Fsp3) is 0.750. The van der Waals surface area contributed by atoms with E-state index in [1.807, 2.05) is 6.92 Å². The first-order valence-corrected chi connectivity index (χ1v) is 6.77. The van der Waals surface area contributed by atoms with Crippen molar-refractivity contribution in [1.82, 2.24) is 15.1 Å². The second-order valence-corrected chi connectivity index (χ2v) is 4.83. The van der Waals surface area contributed by atoms with Gasteiger partial charge in [0.15, 0.2) is 0 Å². The summed E-state index contributed by atoms with van der Waals surface area (Å²) in [6.45, 7) is 3.09. The lowest BCUT2D eigenvalue weighted by molar-refractivity contribution is -0.140. The molecule has 0 spiro atoms. The zero-order valence-electron chi connectivity index (χ0n) is 11.5. The average molecular weight is 314 g/mol. The molecule has 20 heavy (non-hydrogen) atoms. The third-order valence-electron chi connectivity index (χ3n) is 2.75. The minimum Gasteiger partial charge on any atom is -0.383 e. The zero-order chi connectivity index (χ0) is 15.2. The molecule has 1 atom stereocenters. The first-order chi connectivity index (χ1) is 9.39. The van der Waals surface area contributed by atoms with Crippen molar-refractivity contribution in [2.24, 2.45) is 0 Å². The molecular formula is C12H19ClF3N3O. The van der Waals surface area contributed by atoms with Gasteiger partial charge < -0.3 is 10.1 Å². The maximum Gasteiger partial charge on any atom is 0.390 e. The van der Waals surface area contributed by atoms with Crippen LogP contribution in [0.5, 0.6) is 0 Å². The maximum atomic E-state index is 12.7. The van der Waals surface area contributed by atoms with Crippen molar-refractivity contribution < 1.29 is 17.9 Å². The lowest BCUT2D eigenvalue weighted by atomic mass is 10.1. The number of halogens is 4. The van der Waals surface area contributed by atoms with E-state index in [2.05, 4.69) is 10.4 Å². The lowest BCUT2D eigenvalue weighted by Crippen LogP contribution is -2.30. The van der Waals surface area contributed by atoms with Crippen LogP contribution in [-0.2, 0) is 11.3 Å². The first-order valence-electron chi connectivity index (χ1n) is 6.39. The van der Waals surface area contributed by atoms with Gasteiger partial charge in [-0.1, -0.05) is 18.5 Å². The van der Waals surface area contributed by atoms with E-state index in [0.29, 0.717) is 25.4 Å². The van der Waals surface area contributed by atoms with Gasteiger partial charge in [0.1, 0.15) is 0 Å². The summed E-state index contributed by atoms with van der Waals surface area (Å²) in [4.78, 5) is 0. The molecule has 116 valence electrons. The van der Waals surface area contributed by atoms with E-state index in [1.54, 1.807) is 0 Å². The number of nitrogens with one attached hydrogen (secondary N) is 1. The highest BCUT2D eigenvalue weighted by Crippen LogP contribution is 2.32. The second-order valence-electron chi connectivity index (χ2n) is 4.42. The number of nitrogens with zero attached hydrogens (tertiary/aromatic N) is 2. The molecule has 0 saturated carbocycles. The fourth-order valence-electron chi connectivity index (χ4n) is 1.89. The fourth-order valence-corrected chi connectivity index (χ4v) is 2.16. The van der Waals surface area contributed by atoms with Gasteiger partial charge in [-0.15, -0.1) is 0 Å². The molecule has 0 fully saturated rings. The van der Waals surface area contributed by atoms with Crippen LogP contribution >= 0.6 is 11.6 Å². The molecule has 0 bridgehead atoms. The minimum atomic E-state index is -4.27. The van der Waals surface area contributed by atoms with E-state index < -0.39 is 18.6 Å². The summed E-state index contributed by atoms with van der Waals surface area (Å²) in [6.07, 6.45) is -3.15. The van der Waals surface area contributed by atoms with Crippen molar-refractivity contribution in [1.29, 1.82) is 0 Å². The van der Waals surface area contributed by atoms with E-state index in [-0.39, 0.29) is 5.02 Å². The highest BCUT2D eigenvalue weighted by molar-refractivity contribution is 6.31. The SMILES string of the molecule is CCCNC(CC(F)(F)F)c1c(Cl)cnn1CCOC. The molecule has 4 nitrogen and oxygen atoms in total. The molecule has 1 rings (SSSR count). The van der Waals surface area contributed by atoms with Crippen LogP contribution in [0, 0.1) is 0 Å². The Bertz CT molecular complexity index is 409. The number of aromatic nitrogens is 2. The van der Waals surface area contributed by atoms with Crippen LogP contribution < -0.4 is 5.32 Å². The van der Waals surface area contributed by atoms with Gasteiger partial charge in [-0.2, -0.15) is 18.3 Å². The smallest absolute Gasteiger partial charge is 0.383 e. The Kier molecular flexibility index (Phi) is 6.78. The largest absolute Gasteiger partial charge is 0.390 e. The van der Waals surface area contributed by atoms with E-state index >= 15 is 0 Å². The Balaban J connectivity index is 2.96. The van der Waals surface area contributed by atoms with Gasteiger partial charge in [-0.3, -0.25) is 4.68 Å². The van der Waals surface area contributed by atoms with Crippen molar-refractivity contribution in [2.45, 2.75) is 38.5 Å². The van der Waals surface area contributed by atoms with Crippen molar-refractivity contribution >= 4 is 11.6 Å². The van der Waals surface area contributed by atoms with E-state index in [9.17, 15) is 13.2 Å². The minimum absolute atomic E-state index is 0.235. The van der Waals surface area contributed by atoms with Gasteiger partial charge in [-0.05, 0) is 13.0 Å². The van der Waals surface area contributed by atoms with Crippen LogP contribution in [0.25, 0.3) is 0 Å². The Labute approximate surface area is 121 Å². The first kappa shape index (κ1) is 17.3. The number of methoxy groups -OCH3 is 1. The zero-order valence-corrected chi connectivity index (χ0v) is 12.3. The Morgan fingerprint density at radius 2 is 2.20 bits per heavy atom. The number of hydrogen-bond acceptors (Lipinski definition) is 3. The molecule has 1 heterocycles. The quantitative estimate of drug-likeness (QED) is 0.801. The molecule has 0 aromatic carbocycles. The summed E-state index contributed by atoms with van der Waals surface area (Å²) < 4.78 is 44.5. The summed E-state index contributed by atoms with van der Waals surface area (Å²) in [7, 11) is 1.52. The van der Waals surface area contributed by atoms with Gasteiger partial charge in [0, 0.05) is 7.11 Å². The normalized spacial score (nSPS) is 13.7. The van der Waals surface area contributed by atoms with Crippen molar-refractivity contribution in [3.8, 4) is 0 Å². The Morgan fingerprint density at radius 3 is 2.75 bits per heavy atom. The van der Waals surface area contributed by atoms with Crippen LogP contribution in [0.15, 0.2) is 6.20 Å². The van der Waals surface area contributed by atoms with Crippen molar-refractivity contribution in [3.05, 3.63) is 16.9 Å². The molecule has 0 aliphatic rings. The van der Waals surface area contributed by atoms with Gasteiger partial charge in [-0.25, -0.2) is 0 Å². The van der Waals surface area contributed by atoms with Gasteiger partial charge >= 0.3 is 6.18 Å². The molecule has 8 heteroatoms. The molecule has 0 aliphatic heterocycles. The second kappa shape index (κ2) is 7.85. The maximum absolute atomic E-state index is 12.7. The number of alkyl halides is 3.